The second kappa shape index (κ2) is 2.49. The molecule has 0 aliphatic rings. The Morgan fingerprint density at radius 1 is 1.25 bits per heavy atom. The van der Waals surface area contributed by atoms with Crippen LogP contribution >= 0.6 is 11.3 Å². The average molecular weight is 177 g/mol. The third-order valence-electron chi connectivity index (χ3n) is 2.13. The molecule has 2 rings (SSSR count). The number of thiophene rings is 1. The Hall–Kier alpha value is -1.02. The quantitative estimate of drug-likeness (QED) is 0.657. The molecule has 1 aromatic heterocycles. The average Bonchev–Trinajstić information content (AvgIpc) is 2.28. The van der Waals surface area contributed by atoms with Crippen LogP contribution in [0.2, 0.25) is 0 Å². The van der Waals surface area contributed by atoms with Crippen molar-refractivity contribution in [1.82, 2.24) is 0 Å². The van der Waals surface area contributed by atoms with Gasteiger partial charge in [-0.05, 0) is 36.4 Å². The van der Waals surface area contributed by atoms with Crippen LogP contribution < -0.4 is 5.73 Å². The van der Waals surface area contributed by atoms with E-state index in [-0.39, 0.29) is 0 Å². The third kappa shape index (κ3) is 0.994. The van der Waals surface area contributed by atoms with Crippen LogP contribution in [0.15, 0.2) is 18.2 Å². The molecule has 0 aliphatic heterocycles. The van der Waals surface area contributed by atoms with Crippen molar-refractivity contribution in [3.63, 3.8) is 0 Å². The molecule has 0 atom stereocenters. The summed E-state index contributed by atoms with van der Waals surface area (Å²) < 4.78 is 1.30. The summed E-state index contributed by atoms with van der Waals surface area (Å²) in [6.45, 7) is 4.17. The largest absolute Gasteiger partial charge is 0.390 e. The molecular weight excluding hydrogens is 166 g/mol. The number of fused-ring (bicyclic) bond motifs is 1. The van der Waals surface area contributed by atoms with E-state index in [2.05, 4.69) is 32.0 Å². The van der Waals surface area contributed by atoms with Gasteiger partial charge in [-0.2, -0.15) is 0 Å². The first-order valence-corrected chi connectivity index (χ1v) is 4.75. The van der Waals surface area contributed by atoms with Gasteiger partial charge in [-0.15, -0.1) is 11.3 Å². The number of nitrogens with two attached hydrogens (primary N) is 1. The van der Waals surface area contributed by atoms with Gasteiger partial charge in [-0.25, -0.2) is 0 Å². The summed E-state index contributed by atoms with van der Waals surface area (Å²) in [5.74, 6) is 0. The van der Waals surface area contributed by atoms with Crippen LogP contribution in [0.5, 0.6) is 0 Å². The molecule has 1 heterocycles. The molecule has 0 spiro atoms. The Bertz CT molecular complexity index is 429. The number of hydrogen-bond acceptors (Lipinski definition) is 2. The van der Waals surface area contributed by atoms with E-state index in [4.69, 9.17) is 5.73 Å². The first-order valence-electron chi connectivity index (χ1n) is 3.93. The van der Waals surface area contributed by atoms with Crippen LogP contribution in [0.4, 0.5) is 5.00 Å². The molecule has 0 bridgehead atoms. The fourth-order valence-electron chi connectivity index (χ4n) is 1.35. The summed E-state index contributed by atoms with van der Waals surface area (Å²) in [5.41, 5.74) is 8.33. The van der Waals surface area contributed by atoms with E-state index < -0.39 is 0 Å². The molecule has 0 unspecified atom stereocenters. The van der Waals surface area contributed by atoms with E-state index in [0.717, 1.165) is 5.00 Å². The lowest BCUT2D eigenvalue weighted by Gasteiger charge is -1.92. The first kappa shape index (κ1) is 7.62. The van der Waals surface area contributed by atoms with Crippen molar-refractivity contribution in [2.24, 2.45) is 0 Å². The zero-order valence-electron chi connectivity index (χ0n) is 7.22. The van der Waals surface area contributed by atoms with Crippen molar-refractivity contribution in [1.29, 1.82) is 0 Å². The second-order valence-corrected chi connectivity index (χ2v) is 4.17. The van der Waals surface area contributed by atoms with Gasteiger partial charge >= 0.3 is 0 Å². The topological polar surface area (TPSA) is 26.0 Å². The highest BCUT2D eigenvalue weighted by Crippen LogP contribution is 2.32. The van der Waals surface area contributed by atoms with Gasteiger partial charge in [0, 0.05) is 4.70 Å². The molecule has 12 heavy (non-hydrogen) atoms. The van der Waals surface area contributed by atoms with E-state index in [0.29, 0.717) is 0 Å². The predicted molar refractivity (Wildman–Crippen MR) is 55.7 cm³/mol. The lowest BCUT2D eigenvalue weighted by molar-refractivity contribution is 1.51. The van der Waals surface area contributed by atoms with Crippen LogP contribution in [0.1, 0.15) is 11.1 Å². The highest BCUT2D eigenvalue weighted by atomic mass is 32.1. The zero-order valence-corrected chi connectivity index (χ0v) is 8.03. The summed E-state index contributed by atoms with van der Waals surface area (Å²) in [4.78, 5) is 0. The Morgan fingerprint density at radius 3 is 2.75 bits per heavy atom. The monoisotopic (exact) mass is 177 g/mol. The predicted octanol–water partition coefficient (Wildman–Crippen LogP) is 3.10. The standard InChI is InChI=1S/C10H11NS/c1-6-3-4-8-7(2)10(11)12-9(8)5-6/h3-5H,11H2,1-2H3. The molecule has 1 aromatic carbocycles. The minimum absolute atomic E-state index is 0.940. The van der Waals surface area contributed by atoms with E-state index in [1.807, 2.05) is 0 Å². The molecule has 0 amide bonds. The van der Waals surface area contributed by atoms with E-state index in [1.54, 1.807) is 11.3 Å². The molecule has 62 valence electrons. The Morgan fingerprint density at radius 2 is 2.00 bits per heavy atom. The summed E-state index contributed by atoms with van der Waals surface area (Å²) in [6, 6.07) is 6.46. The normalized spacial score (nSPS) is 10.8. The molecule has 2 aromatic rings. The van der Waals surface area contributed by atoms with Gasteiger partial charge < -0.3 is 5.73 Å². The molecule has 0 radical (unpaired) electrons. The SMILES string of the molecule is Cc1ccc2c(C)c(N)sc2c1. The smallest absolute Gasteiger partial charge is 0.0898 e. The summed E-state index contributed by atoms with van der Waals surface area (Å²) in [5, 5.41) is 2.23. The zero-order chi connectivity index (χ0) is 8.72. The molecule has 2 N–H and O–H groups in total. The first-order chi connectivity index (χ1) is 5.68. The number of rotatable bonds is 0. The molecule has 2 heteroatoms. The van der Waals surface area contributed by atoms with Crippen molar-refractivity contribution >= 4 is 26.4 Å². The van der Waals surface area contributed by atoms with Gasteiger partial charge in [0.15, 0.2) is 0 Å². The number of nitrogen functional groups attached to an aromatic ring is 1. The Kier molecular flexibility index (Phi) is 1.58. The fraction of sp³-hybridized carbons (Fsp3) is 0.200. The summed E-state index contributed by atoms with van der Waals surface area (Å²) >= 11 is 1.67. The van der Waals surface area contributed by atoms with Gasteiger partial charge in [0.05, 0.1) is 5.00 Å². The van der Waals surface area contributed by atoms with Crippen molar-refractivity contribution in [2.45, 2.75) is 13.8 Å². The van der Waals surface area contributed by atoms with Gasteiger partial charge in [0.1, 0.15) is 0 Å². The van der Waals surface area contributed by atoms with Crippen LogP contribution in [-0.2, 0) is 0 Å². The van der Waals surface area contributed by atoms with Gasteiger partial charge in [0.2, 0.25) is 0 Å². The third-order valence-corrected chi connectivity index (χ3v) is 3.21. The second-order valence-electron chi connectivity index (χ2n) is 3.09. The molecule has 0 saturated carbocycles. The van der Waals surface area contributed by atoms with Crippen molar-refractivity contribution in [3.05, 3.63) is 29.3 Å². The number of hydrogen-bond donors (Lipinski definition) is 1. The Balaban J connectivity index is 2.87. The van der Waals surface area contributed by atoms with E-state index in [9.17, 15) is 0 Å². The van der Waals surface area contributed by atoms with Gasteiger partial charge in [0.25, 0.3) is 0 Å². The lowest BCUT2D eigenvalue weighted by Crippen LogP contribution is -1.80. The van der Waals surface area contributed by atoms with Crippen LogP contribution in [0.3, 0.4) is 0 Å². The summed E-state index contributed by atoms with van der Waals surface area (Å²) in [7, 11) is 0. The van der Waals surface area contributed by atoms with E-state index >= 15 is 0 Å². The number of anilines is 1. The maximum atomic E-state index is 5.82. The number of benzene rings is 1. The van der Waals surface area contributed by atoms with Crippen molar-refractivity contribution in [3.8, 4) is 0 Å². The van der Waals surface area contributed by atoms with E-state index in [1.165, 1.54) is 21.2 Å². The molecule has 0 fully saturated rings. The highest BCUT2D eigenvalue weighted by Gasteiger charge is 2.04. The Labute approximate surface area is 75.8 Å². The maximum absolute atomic E-state index is 5.82. The van der Waals surface area contributed by atoms with Gasteiger partial charge in [-0.3, -0.25) is 0 Å². The molecule has 0 aliphatic carbocycles. The van der Waals surface area contributed by atoms with Crippen LogP contribution in [0.25, 0.3) is 10.1 Å². The lowest BCUT2D eigenvalue weighted by atomic mass is 10.1. The minimum Gasteiger partial charge on any atom is -0.390 e. The van der Waals surface area contributed by atoms with Crippen LogP contribution in [0, 0.1) is 13.8 Å². The number of aryl methyl sites for hydroxylation is 2. The van der Waals surface area contributed by atoms with Crippen molar-refractivity contribution in [2.75, 3.05) is 5.73 Å². The van der Waals surface area contributed by atoms with Crippen molar-refractivity contribution < 1.29 is 0 Å². The fourth-order valence-corrected chi connectivity index (χ4v) is 2.43. The van der Waals surface area contributed by atoms with Crippen LogP contribution in [-0.4, -0.2) is 0 Å². The maximum Gasteiger partial charge on any atom is 0.0898 e. The minimum atomic E-state index is 0.940. The molecule has 0 saturated heterocycles. The molecule has 1 nitrogen and oxygen atoms in total. The highest BCUT2D eigenvalue weighted by molar-refractivity contribution is 7.22. The summed E-state index contributed by atoms with van der Waals surface area (Å²) in [6.07, 6.45) is 0. The van der Waals surface area contributed by atoms with Gasteiger partial charge in [-0.1, -0.05) is 12.1 Å². The molecular formula is C10H11NS.